The molecule has 0 fully saturated rings. The number of halogens is 3. The van der Waals surface area contributed by atoms with Crippen LogP contribution < -0.4 is 5.46 Å². The van der Waals surface area contributed by atoms with Crippen LogP contribution in [-0.4, -0.2) is 17.2 Å². The fourth-order valence-corrected chi connectivity index (χ4v) is 1.70. The van der Waals surface area contributed by atoms with Crippen molar-refractivity contribution in [3.05, 3.63) is 42.0 Å². The number of fused-ring (bicyclic) bond motifs is 1. The second-order valence-corrected chi connectivity index (χ2v) is 3.66. The predicted molar refractivity (Wildman–Crippen MR) is 58.8 cm³/mol. The number of hydrogen-bond acceptors (Lipinski definition) is 2. The lowest BCUT2D eigenvalue weighted by Gasteiger charge is -2.11. The molecule has 0 aromatic heterocycles. The van der Waals surface area contributed by atoms with Crippen LogP contribution >= 0.6 is 0 Å². The molecule has 0 heterocycles. The lowest BCUT2D eigenvalue weighted by molar-refractivity contribution is -0.136. The highest BCUT2D eigenvalue weighted by molar-refractivity contribution is 6.58. The third-order valence-electron chi connectivity index (χ3n) is 2.51. The molecule has 2 rings (SSSR count). The van der Waals surface area contributed by atoms with Gasteiger partial charge in [0.1, 0.15) is 0 Å². The van der Waals surface area contributed by atoms with Crippen molar-refractivity contribution < 1.29 is 23.2 Å². The molecule has 0 aliphatic rings. The molecule has 2 aromatic rings. The SMILES string of the molecule is OB(O)c1ccc2cccc(C(F)(F)F)c2c1. The second-order valence-electron chi connectivity index (χ2n) is 3.66. The van der Waals surface area contributed by atoms with Gasteiger partial charge in [0, 0.05) is 0 Å². The number of benzene rings is 2. The van der Waals surface area contributed by atoms with Gasteiger partial charge in [-0.2, -0.15) is 13.2 Å². The maximum atomic E-state index is 12.7. The first kappa shape index (κ1) is 11.9. The van der Waals surface area contributed by atoms with Crippen LogP contribution in [0.2, 0.25) is 0 Å². The summed E-state index contributed by atoms with van der Waals surface area (Å²) in [6.07, 6.45) is -4.46. The standard InChI is InChI=1S/C11H8BF3O2/c13-11(14,15)10-3-1-2-7-4-5-8(12(16)17)6-9(7)10/h1-6,16-17H. The smallest absolute Gasteiger partial charge is 0.423 e. The van der Waals surface area contributed by atoms with Gasteiger partial charge >= 0.3 is 13.3 Å². The van der Waals surface area contributed by atoms with Gasteiger partial charge in [-0.05, 0) is 22.3 Å². The molecule has 0 bridgehead atoms. The number of rotatable bonds is 1. The largest absolute Gasteiger partial charge is 0.488 e. The van der Waals surface area contributed by atoms with Gasteiger partial charge in [0.2, 0.25) is 0 Å². The van der Waals surface area contributed by atoms with Gasteiger partial charge in [0.05, 0.1) is 5.56 Å². The van der Waals surface area contributed by atoms with Crippen LogP contribution in [0.4, 0.5) is 13.2 Å². The topological polar surface area (TPSA) is 40.5 Å². The van der Waals surface area contributed by atoms with E-state index in [4.69, 9.17) is 10.0 Å². The van der Waals surface area contributed by atoms with E-state index in [2.05, 4.69) is 0 Å². The Balaban J connectivity index is 2.73. The average molecular weight is 240 g/mol. The van der Waals surface area contributed by atoms with Crippen LogP contribution in [0.15, 0.2) is 36.4 Å². The molecule has 2 aromatic carbocycles. The molecule has 2 N–H and O–H groups in total. The Hall–Kier alpha value is -1.53. The van der Waals surface area contributed by atoms with Gasteiger partial charge in [-0.3, -0.25) is 0 Å². The maximum Gasteiger partial charge on any atom is 0.488 e. The van der Waals surface area contributed by atoms with Crippen LogP contribution in [0.3, 0.4) is 0 Å². The van der Waals surface area contributed by atoms with Crippen molar-refractivity contribution in [2.75, 3.05) is 0 Å². The Morgan fingerprint density at radius 3 is 2.29 bits per heavy atom. The molecule has 0 spiro atoms. The summed E-state index contributed by atoms with van der Waals surface area (Å²) in [6, 6.07) is 7.78. The summed E-state index contributed by atoms with van der Waals surface area (Å²) in [5, 5.41) is 18.3. The minimum Gasteiger partial charge on any atom is -0.423 e. The van der Waals surface area contributed by atoms with Crippen molar-refractivity contribution in [1.29, 1.82) is 0 Å². The monoisotopic (exact) mass is 240 g/mol. The molecule has 0 saturated carbocycles. The Labute approximate surface area is 95.5 Å². The summed E-state index contributed by atoms with van der Waals surface area (Å²) in [6.45, 7) is 0. The lowest BCUT2D eigenvalue weighted by atomic mass is 9.79. The molecule has 0 radical (unpaired) electrons. The Bertz CT molecular complexity index is 552. The fraction of sp³-hybridized carbons (Fsp3) is 0.0909. The van der Waals surface area contributed by atoms with E-state index >= 15 is 0 Å². The molecule has 88 valence electrons. The van der Waals surface area contributed by atoms with Gasteiger partial charge in [-0.15, -0.1) is 0 Å². The number of alkyl halides is 3. The molecule has 0 aliphatic carbocycles. The minimum absolute atomic E-state index is 0.0363. The molecule has 17 heavy (non-hydrogen) atoms. The van der Waals surface area contributed by atoms with Crippen LogP contribution in [-0.2, 0) is 6.18 Å². The quantitative estimate of drug-likeness (QED) is 0.742. The normalized spacial score (nSPS) is 11.8. The Morgan fingerprint density at radius 1 is 1.00 bits per heavy atom. The third-order valence-corrected chi connectivity index (χ3v) is 2.51. The van der Waals surface area contributed by atoms with E-state index in [9.17, 15) is 13.2 Å². The first-order valence-electron chi connectivity index (χ1n) is 4.85. The van der Waals surface area contributed by atoms with Crippen LogP contribution in [0.25, 0.3) is 10.8 Å². The van der Waals surface area contributed by atoms with E-state index in [1.54, 1.807) is 0 Å². The Morgan fingerprint density at radius 2 is 1.71 bits per heavy atom. The van der Waals surface area contributed by atoms with Crippen molar-refractivity contribution in [2.24, 2.45) is 0 Å². The first-order valence-corrected chi connectivity index (χ1v) is 4.85. The highest BCUT2D eigenvalue weighted by Gasteiger charge is 2.32. The summed E-state index contributed by atoms with van der Waals surface area (Å²) in [4.78, 5) is 0. The molecule has 0 amide bonds. The van der Waals surface area contributed by atoms with E-state index in [1.807, 2.05) is 0 Å². The summed E-state index contributed by atoms with van der Waals surface area (Å²) < 4.78 is 38.2. The van der Waals surface area contributed by atoms with Crippen LogP contribution in [0, 0.1) is 0 Å². The first-order chi connectivity index (χ1) is 7.89. The van der Waals surface area contributed by atoms with Gasteiger partial charge in [0.25, 0.3) is 0 Å². The van der Waals surface area contributed by atoms with Crippen LogP contribution in [0.5, 0.6) is 0 Å². The zero-order valence-corrected chi connectivity index (χ0v) is 8.57. The van der Waals surface area contributed by atoms with E-state index in [-0.39, 0.29) is 10.8 Å². The van der Waals surface area contributed by atoms with Gasteiger partial charge < -0.3 is 10.0 Å². The van der Waals surface area contributed by atoms with E-state index < -0.39 is 18.9 Å². The molecule has 0 saturated heterocycles. The molecule has 6 heteroatoms. The van der Waals surface area contributed by atoms with Crippen molar-refractivity contribution in [3.8, 4) is 0 Å². The Kier molecular flexibility index (Phi) is 2.85. The third kappa shape index (κ3) is 2.27. The highest BCUT2D eigenvalue weighted by Crippen LogP contribution is 2.34. The minimum atomic E-state index is -4.46. The maximum absolute atomic E-state index is 12.7. The van der Waals surface area contributed by atoms with Gasteiger partial charge in [-0.1, -0.05) is 30.3 Å². The zero-order valence-electron chi connectivity index (χ0n) is 8.57. The summed E-state index contributed by atoms with van der Waals surface area (Å²) in [5.74, 6) is 0. The number of hydrogen-bond donors (Lipinski definition) is 2. The molecular formula is C11H8BF3O2. The van der Waals surface area contributed by atoms with Gasteiger partial charge in [0.15, 0.2) is 0 Å². The van der Waals surface area contributed by atoms with Crippen LogP contribution in [0.1, 0.15) is 5.56 Å². The lowest BCUT2D eigenvalue weighted by Crippen LogP contribution is -2.29. The molecule has 0 aliphatic heterocycles. The summed E-state index contributed by atoms with van der Waals surface area (Å²) >= 11 is 0. The fourth-order valence-electron chi connectivity index (χ4n) is 1.70. The van der Waals surface area contributed by atoms with Crippen molar-refractivity contribution >= 4 is 23.4 Å². The molecule has 0 atom stereocenters. The van der Waals surface area contributed by atoms with E-state index in [0.717, 1.165) is 12.1 Å². The molecule has 2 nitrogen and oxygen atoms in total. The average Bonchev–Trinajstić information content (AvgIpc) is 2.26. The van der Waals surface area contributed by atoms with E-state index in [0.29, 0.717) is 5.39 Å². The highest BCUT2D eigenvalue weighted by atomic mass is 19.4. The summed E-state index contributed by atoms with van der Waals surface area (Å²) in [7, 11) is -1.78. The van der Waals surface area contributed by atoms with E-state index in [1.165, 1.54) is 24.3 Å². The van der Waals surface area contributed by atoms with Crippen molar-refractivity contribution in [3.63, 3.8) is 0 Å². The second kappa shape index (κ2) is 4.05. The summed E-state index contributed by atoms with van der Waals surface area (Å²) in [5.41, 5.74) is -0.744. The molecule has 0 unspecified atom stereocenters. The predicted octanol–water partition coefficient (Wildman–Crippen LogP) is 1.54. The zero-order chi connectivity index (χ0) is 12.6. The molecular weight excluding hydrogens is 232 g/mol. The van der Waals surface area contributed by atoms with Crippen molar-refractivity contribution in [1.82, 2.24) is 0 Å². The van der Waals surface area contributed by atoms with Gasteiger partial charge in [-0.25, -0.2) is 0 Å². The van der Waals surface area contributed by atoms with Crippen molar-refractivity contribution in [2.45, 2.75) is 6.18 Å².